The monoisotopic (exact) mass is 445 g/mol. The van der Waals surface area contributed by atoms with E-state index >= 15 is 0 Å². The van der Waals surface area contributed by atoms with Crippen LogP contribution in [-0.2, 0) is 9.59 Å². The first-order valence-corrected chi connectivity index (χ1v) is 10.3. The van der Waals surface area contributed by atoms with Gasteiger partial charge in [0.2, 0.25) is 0 Å². The first kappa shape index (κ1) is 20.7. The van der Waals surface area contributed by atoms with E-state index in [0.29, 0.717) is 51.4 Å². The molecule has 2 aliphatic rings. The summed E-state index contributed by atoms with van der Waals surface area (Å²) in [5, 5.41) is 0.717. The molecule has 0 saturated carbocycles. The quantitative estimate of drug-likeness (QED) is 0.673. The number of benzene rings is 2. The maximum Gasteiger partial charge on any atom is 0.282 e. The minimum absolute atomic E-state index is 0.358. The van der Waals surface area contributed by atoms with E-state index in [9.17, 15) is 9.59 Å². The Kier molecular flexibility index (Phi) is 5.73. The second-order valence-corrected chi connectivity index (χ2v) is 8.19. The lowest BCUT2D eigenvalue weighted by Gasteiger charge is -2.34. The largest absolute Gasteiger partial charge is 0.497 e. The van der Waals surface area contributed by atoms with Crippen molar-refractivity contribution in [3.05, 3.63) is 63.8 Å². The van der Waals surface area contributed by atoms with E-state index in [-0.39, 0.29) is 5.91 Å². The molecule has 0 unspecified atom stereocenters. The molecule has 0 spiro atoms. The van der Waals surface area contributed by atoms with Crippen molar-refractivity contribution in [1.29, 1.82) is 0 Å². The maximum absolute atomic E-state index is 13.5. The van der Waals surface area contributed by atoms with Gasteiger partial charge in [0.1, 0.15) is 11.4 Å². The average molecular weight is 446 g/mol. The maximum atomic E-state index is 13.5. The lowest BCUT2D eigenvalue weighted by Crippen LogP contribution is -2.46. The molecule has 0 aromatic heterocycles. The van der Waals surface area contributed by atoms with Crippen molar-refractivity contribution in [2.45, 2.75) is 0 Å². The molecule has 0 N–H and O–H groups in total. The van der Waals surface area contributed by atoms with Gasteiger partial charge < -0.3 is 14.5 Å². The van der Waals surface area contributed by atoms with Gasteiger partial charge in [-0.05, 0) is 42.9 Å². The summed E-state index contributed by atoms with van der Waals surface area (Å²) >= 11 is 12.3. The molecule has 156 valence electrons. The Morgan fingerprint density at radius 2 is 1.47 bits per heavy atom. The third-order valence-electron chi connectivity index (χ3n) is 5.36. The molecule has 6 nitrogen and oxygen atoms in total. The number of hydrogen-bond acceptors (Lipinski definition) is 5. The Labute approximate surface area is 185 Å². The Hall–Kier alpha value is -2.54. The van der Waals surface area contributed by atoms with Gasteiger partial charge in [-0.2, -0.15) is 0 Å². The topological polar surface area (TPSA) is 53.1 Å². The molecule has 4 rings (SSSR count). The molecule has 8 heteroatoms. The predicted molar refractivity (Wildman–Crippen MR) is 118 cm³/mol. The van der Waals surface area contributed by atoms with Crippen LogP contribution in [0.1, 0.15) is 5.56 Å². The molecule has 2 aromatic carbocycles. The highest BCUT2D eigenvalue weighted by atomic mass is 35.5. The van der Waals surface area contributed by atoms with Crippen molar-refractivity contribution in [2.24, 2.45) is 0 Å². The lowest BCUT2D eigenvalue weighted by molar-refractivity contribution is -0.120. The van der Waals surface area contributed by atoms with Crippen molar-refractivity contribution < 1.29 is 14.3 Å². The van der Waals surface area contributed by atoms with Gasteiger partial charge in [0.15, 0.2) is 0 Å². The molecule has 2 aliphatic heterocycles. The summed E-state index contributed by atoms with van der Waals surface area (Å²) in [5.74, 6) is -0.0816. The Balaban J connectivity index is 1.81. The molecule has 0 atom stereocenters. The van der Waals surface area contributed by atoms with Crippen LogP contribution in [0.4, 0.5) is 5.69 Å². The summed E-state index contributed by atoms with van der Waals surface area (Å²) in [6.07, 6.45) is 0. The Morgan fingerprint density at radius 1 is 0.867 bits per heavy atom. The molecule has 1 fully saturated rings. The molecule has 30 heavy (non-hydrogen) atoms. The number of ether oxygens (including phenoxy) is 1. The molecule has 0 bridgehead atoms. The zero-order valence-corrected chi connectivity index (χ0v) is 18.2. The third kappa shape index (κ3) is 3.78. The van der Waals surface area contributed by atoms with Crippen molar-refractivity contribution in [3.8, 4) is 5.75 Å². The first-order valence-electron chi connectivity index (χ1n) is 9.56. The number of amides is 2. The minimum atomic E-state index is -0.391. The number of hydrogen-bond donors (Lipinski definition) is 0. The highest BCUT2D eigenvalue weighted by Gasteiger charge is 2.43. The van der Waals surface area contributed by atoms with Crippen LogP contribution in [0.25, 0.3) is 5.57 Å². The molecule has 2 heterocycles. The van der Waals surface area contributed by atoms with Gasteiger partial charge in [-0.15, -0.1) is 0 Å². The van der Waals surface area contributed by atoms with Crippen LogP contribution in [0, 0.1) is 0 Å². The molecule has 0 radical (unpaired) electrons. The molecular weight excluding hydrogens is 425 g/mol. The van der Waals surface area contributed by atoms with Gasteiger partial charge in [0.25, 0.3) is 11.8 Å². The van der Waals surface area contributed by atoms with E-state index in [1.54, 1.807) is 49.6 Å². The SMILES string of the molecule is COc1ccc(C2=C(N3CCN(C)CC3)C(=O)N(c3cc(Cl)cc(Cl)c3)C2=O)cc1. The number of methoxy groups -OCH3 is 1. The number of halogens is 2. The fraction of sp³-hybridized carbons (Fsp3) is 0.273. The highest BCUT2D eigenvalue weighted by molar-refractivity contribution is 6.46. The second-order valence-electron chi connectivity index (χ2n) is 7.32. The smallest absolute Gasteiger partial charge is 0.282 e. The summed E-state index contributed by atoms with van der Waals surface area (Å²) in [6, 6.07) is 11.9. The lowest BCUT2D eigenvalue weighted by atomic mass is 10.0. The van der Waals surface area contributed by atoms with E-state index in [1.165, 1.54) is 0 Å². The summed E-state index contributed by atoms with van der Waals surface area (Å²) in [5.41, 5.74) is 1.81. The molecule has 2 amide bonds. The van der Waals surface area contributed by atoms with E-state index in [4.69, 9.17) is 27.9 Å². The van der Waals surface area contributed by atoms with Crippen molar-refractivity contribution in [1.82, 2.24) is 9.80 Å². The Bertz CT molecular complexity index is 1010. The van der Waals surface area contributed by atoms with Crippen molar-refractivity contribution in [3.63, 3.8) is 0 Å². The van der Waals surface area contributed by atoms with Gasteiger partial charge in [-0.1, -0.05) is 35.3 Å². The number of carbonyl (C=O) groups excluding carboxylic acids is 2. The fourth-order valence-corrected chi connectivity index (χ4v) is 4.28. The van der Waals surface area contributed by atoms with E-state index in [0.717, 1.165) is 18.0 Å². The number of imide groups is 1. The second kappa shape index (κ2) is 8.30. The van der Waals surface area contributed by atoms with Crippen LogP contribution >= 0.6 is 23.2 Å². The van der Waals surface area contributed by atoms with Gasteiger partial charge in [-0.25, -0.2) is 4.90 Å². The van der Waals surface area contributed by atoms with Crippen LogP contribution in [0.3, 0.4) is 0 Å². The van der Waals surface area contributed by atoms with Crippen LogP contribution in [0.5, 0.6) is 5.75 Å². The molecule has 0 aliphatic carbocycles. The summed E-state index contributed by atoms with van der Waals surface area (Å²) in [4.78, 5) is 32.4. The standard InChI is InChI=1S/C22H21Cl2N3O3/c1-25-7-9-26(10-8-25)20-19(14-3-5-18(30-2)6-4-14)21(28)27(22(20)29)17-12-15(23)11-16(24)13-17/h3-6,11-13H,7-10H2,1-2H3. The van der Waals surface area contributed by atoms with Gasteiger partial charge >= 0.3 is 0 Å². The van der Waals surface area contributed by atoms with Crippen molar-refractivity contribution in [2.75, 3.05) is 45.2 Å². The third-order valence-corrected chi connectivity index (χ3v) is 5.80. The summed E-state index contributed by atoms with van der Waals surface area (Å²) < 4.78 is 5.23. The number of likely N-dealkylation sites (N-methyl/N-ethyl adjacent to an activating group) is 1. The molecular formula is C22H21Cl2N3O3. The average Bonchev–Trinajstić information content (AvgIpc) is 2.98. The van der Waals surface area contributed by atoms with Crippen LogP contribution in [0.2, 0.25) is 10.0 Å². The van der Waals surface area contributed by atoms with E-state index in [2.05, 4.69) is 4.90 Å². The number of piperazine rings is 1. The fourth-order valence-electron chi connectivity index (χ4n) is 3.76. The number of carbonyl (C=O) groups is 2. The van der Waals surface area contributed by atoms with Gasteiger partial charge in [-0.3, -0.25) is 9.59 Å². The van der Waals surface area contributed by atoms with Gasteiger partial charge in [0.05, 0.1) is 18.4 Å². The van der Waals surface area contributed by atoms with Crippen molar-refractivity contribution >= 4 is 46.3 Å². The number of rotatable bonds is 4. The van der Waals surface area contributed by atoms with E-state index in [1.807, 2.05) is 11.9 Å². The first-order chi connectivity index (χ1) is 14.4. The summed E-state index contributed by atoms with van der Waals surface area (Å²) in [6.45, 7) is 2.94. The van der Waals surface area contributed by atoms with Crippen LogP contribution in [-0.4, -0.2) is 62.0 Å². The Morgan fingerprint density at radius 3 is 2.03 bits per heavy atom. The normalized spacial score (nSPS) is 17.9. The predicted octanol–water partition coefficient (Wildman–Crippen LogP) is 3.53. The zero-order chi connectivity index (χ0) is 21.4. The van der Waals surface area contributed by atoms with Crippen LogP contribution in [0.15, 0.2) is 48.2 Å². The van der Waals surface area contributed by atoms with Crippen LogP contribution < -0.4 is 9.64 Å². The summed E-state index contributed by atoms with van der Waals surface area (Å²) in [7, 11) is 3.62. The molecule has 1 saturated heterocycles. The number of nitrogens with zero attached hydrogens (tertiary/aromatic N) is 3. The number of anilines is 1. The highest BCUT2D eigenvalue weighted by Crippen LogP contribution is 2.37. The minimum Gasteiger partial charge on any atom is -0.497 e. The van der Waals surface area contributed by atoms with E-state index < -0.39 is 5.91 Å². The zero-order valence-electron chi connectivity index (χ0n) is 16.7. The van der Waals surface area contributed by atoms with Gasteiger partial charge in [0, 0.05) is 36.2 Å². The molecule has 2 aromatic rings.